The largest absolute Gasteiger partial charge is 0.445 e. The van der Waals surface area contributed by atoms with Gasteiger partial charge in [-0.25, -0.2) is 4.79 Å². The third-order valence-corrected chi connectivity index (χ3v) is 4.82. The molecule has 0 fully saturated rings. The number of hydrogen-bond donors (Lipinski definition) is 3. The number of benzene rings is 2. The average molecular weight is 465 g/mol. The summed E-state index contributed by atoms with van der Waals surface area (Å²) in [5.41, 5.74) is 5.69. The molecule has 0 spiro atoms. The number of alkyl carbamates (subject to hydrolysis) is 1. The van der Waals surface area contributed by atoms with E-state index in [-0.39, 0.29) is 18.9 Å². The number of primary amides is 1. The molecule has 0 heterocycles. The van der Waals surface area contributed by atoms with Gasteiger partial charge in [-0.2, -0.15) is 13.2 Å². The maximum Gasteiger partial charge on any atom is 0.416 e. The Morgan fingerprint density at radius 1 is 0.939 bits per heavy atom. The molecule has 4 N–H and O–H groups in total. The van der Waals surface area contributed by atoms with E-state index in [4.69, 9.17) is 10.5 Å². The van der Waals surface area contributed by atoms with Crippen molar-refractivity contribution in [2.75, 3.05) is 0 Å². The zero-order valence-electron chi connectivity index (χ0n) is 18.2. The van der Waals surface area contributed by atoms with Crippen LogP contribution in [-0.2, 0) is 33.5 Å². The summed E-state index contributed by atoms with van der Waals surface area (Å²) >= 11 is 0. The van der Waals surface area contributed by atoms with Gasteiger partial charge in [0, 0.05) is 6.42 Å². The molecule has 0 aromatic heterocycles. The fraction of sp³-hybridized carbons (Fsp3) is 0.348. The number of amides is 3. The van der Waals surface area contributed by atoms with E-state index in [1.165, 1.54) is 12.1 Å². The lowest BCUT2D eigenvalue weighted by atomic mass is 10.0. The Kier molecular flexibility index (Phi) is 8.84. The molecule has 7 nitrogen and oxygen atoms in total. The molecule has 0 aliphatic heterocycles. The fourth-order valence-corrected chi connectivity index (χ4v) is 2.98. The van der Waals surface area contributed by atoms with Gasteiger partial charge in [-0.1, -0.05) is 56.3 Å². The van der Waals surface area contributed by atoms with Crippen LogP contribution in [0.4, 0.5) is 18.0 Å². The summed E-state index contributed by atoms with van der Waals surface area (Å²) in [6, 6.07) is 10.9. The molecule has 0 saturated heterocycles. The fourth-order valence-electron chi connectivity index (χ4n) is 2.98. The topological polar surface area (TPSA) is 111 Å². The third kappa shape index (κ3) is 8.13. The molecule has 2 aromatic rings. The molecular weight excluding hydrogens is 439 g/mol. The smallest absolute Gasteiger partial charge is 0.416 e. The summed E-state index contributed by atoms with van der Waals surface area (Å²) in [4.78, 5) is 36.8. The first kappa shape index (κ1) is 25.7. The van der Waals surface area contributed by atoms with Gasteiger partial charge < -0.3 is 21.1 Å². The van der Waals surface area contributed by atoms with Gasteiger partial charge in [-0.05, 0) is 29.2 Å². The Labute approximate surface area is 189 Å². The molecule has 33 heavy (non-hydrogen) atoms. The molecule has 0 aliphatic rings. The van der Waals surface area contributed by atoms with Gasteiger partial charge in [-0.3, -0.25) is 9.59 Å². The molecular formula is C23H26F3N3O4. The lowest BCUT2D eigenvalue weighted by Crippen LogP contribution is -2.55. The maximum absolute atomic E-state index is 12.7. The molecule has 2 rings (SSSR count). The van der Waals surface area contributed by atoms with Crippen molar-refractivity contribution in [1.82, 2.24) is 10.6 Å². The lowest BCUT2D eigenvalue weighted by molar-refractivity contribution is -0.137. The second-order valence-electron chi connectivity index (χ2n) is 7.79. The monoisotopic (exact) mass is 465 g/mol. The van der Waals surface area contributed by atoms with Crippen LogP contribution in [0.3, 0.4) is 0 Å². The Bertz CT molecular complexity index is 948. The van der Waals surface area contributed by atoms with Crippen molar-refractivity contribution in [3.8, 4) is 0 Å². The number of nitrogens with two attached hydrogens (primary N) is 1. The van der Waals surface area contributed by atoms with Crippen molar-refractivity contribution in [2.24, 2.45) is 11.7 Å². The molecule has 0 saturated carbocycles. The molecule has 2 aromatic carbocycles. The number of ether oxygens (including phenoxy) is 1. The van der Waals surface area contributed by atoms with Crippen molar-refractivity contribution >= 4 is 17.9 Å². The molecule has 2 atom stereocenters. The van der Waals surface area contributed by atoms with Crippen LogP contribution in [0.5, 0.6) is 0 Å². The summed E-state index contributed by atoms with van der Waals surface area (Å²) in [6.45, 7) is 3.39. The molecule has 0 radical (unpaired) electrons. The number of carbonyl (C=O) groups excluding carboxylic acids is 3. The maximum atomic E-state index is 12.7. The number of carbonyl (C=O) groups is 3. The highest BCUT2D eigenvalue weighted by atomic mass is 19.4. The van der Waals surface area contributed by atoms with E-state index in [9.17, 15) is 27.6 Å². The minimum absolute atomic E-state index is 0.0109. The Morgan fingerprint density at radius 3 is 2.06 bits per heavy atom. The minimum atomic E-state index is -4.49. The van der Waals surface area contributed by atoms with E-state index in [1.807, 2.05) is 6.07 Å². The van der Waals surface area contributed by atoms with Crippen LogP contribution >= 0.6 is 0 Å². The van der Waals surface area contributed by atoms with Crippen LogP contribution in [-0.4, -0.2) is 30.0 Å². The molecule has 3 amide bonds. The van der Waals surface area contributed by atoms with E-state index in [1.54, 1.807) is 38.1 Å². The number of rotatable bonds is 9. The van der Waals surface area contributed by atoms with Gasteiger partial charge in [0.15, 0.2) is 0 Å². The molecule has 10 heteroatoms. The summed E-state index contributed by atoms with van der Waals surface area (Å²) in [5.74, 6) is -1.89. The third-order valence-electron chi connectivity index (χ3n) is 4.82. The summed E-state index contributed by atoms with van der Waals surface area (Å²) < 4.78 is 43.3. The highest BCUT2D eigenvalue weighted by Crippen LogP contribution is 2.29. The summed E-state index contributed by atoms with van der Waals surface area (Å²) in [5, 5.41) is 4.93. The van der Waals surface area contributed by atoms with E-state index in [0.717, 1.165) is 17.7 Å². The predicted octanol–water partition coefficient (Wildman–Crippen LogP) is 3.17. The average Bonchev–Trinajstić information content (AvgIpc) is 2.75. The second-order valence-corrected chi connectivity index (χ2v) is 7.79. The Morgan fingerprint density at radius 2 is 1.55 bits per heavy atom. The second kappa shape index (κ2) is 11.3. The van der Waals surface area contributed by atoms with Gasteiger partial charge in [0.25, 0.3) is 0 Å². The molecule has 178 valence electrons. The summed E-state index contributed by atoms with van der Waals surface area (Å²) in [7, 11) is 0. The van der Waals surface area contributed by atoms with Crippen molar-refractivity contribution in [2.45, 2.75) is 45.1 Å². The standard InChI is InChI=1S/C23H26F3N3O4/c1-14(2)19(29-22(32)33-13-16-6-4-3-5-7-16)21(31)28-18(20(27)30)12-15-8-10-17(11-9-15)23(24,25)26/h3-11,14,18-19H,12-13H2,1-2H3,(H2,27,30)(H,28,31)(H,29,32)/t18-,19+/m0/s1. The van der Waals surface area contributed by atoms with Crippen LogP contribution < -0.4 is 16.4 Å². The first-order valence-corrected chi connectivity index (χ1v) is 10.2. The van der Waals surface area contributed by atoms with E-state index >= 15 is 0 Å². The summed E-state index contributed by atoms with van der Waals surface area (Å²) in [6.07, 6.45) is -5.41. The highest BCUT2D eigenvalue weighted by molar-refractivity contribution is 5.91. The van der Waals surface area contributed by atoms with Gasteiger partial charge in [0.05, 0.1) is 5.56 Å². The number of hydrogen-bond acceptors (Lipinski definition) is 4. The minimum Gasteiger partial charge on any atom is -0.445 e. The zero-order chi connectivity index (χ0) is 24.6. The van der Waals surface area contributed by atoms with Gasteiger partial charge in [0.2, 0.25) is 11.8 Å². The van der Waals surface area contributed by atoms with Crippen LogP contribution in [0.15, 0.2) is 54.6 Å². The highest BCUT2D eigenvalue weighted by Gasteiger charge is 2.31. The van der Waals surface area contributed by atoms with Crippen LogP contribution in [0.25, 0.3) is 0 Å². The normalized spacial score (nSPS) is 13.2. The van der Waals surface area contributed by atoms with E-state index in [2.05, 4.69) is 10.6 Å². The number of nitrogens with one attached hydrogen (secondary N) is 2. The molecule has 0 unspecified atom stereocenters. The van der Waals surface area contributed by atoms with Crippen molar-refractivity contribution in [3.05, 3.63) is 71.3 Å². The van der Waals surface area contributed by atoms with E-state index in [0.29, 0.717) is 5.56 Å². The van der Waals surface area contributed by atoms with Gasteiger partial charge in [-0.15, -0.1) is 0 Å². The van der Waals surface area contributed by atoms with Gasteiger partial charge >= 0.3 is 12.3 Å². The number of halogens is 3. The quantitative estimate of drug-likeness (QED) is 0.528. The molecule has 0 bridgehead atoms. The van der Waals surface area contributed by atoms with Crippen LogP contribution in [0.2, 0.25) is 0 Å². The van der Waals surface area contributed by atoms with Crippen molar-refractivity contribution in [3.63, 3.8) is 0 Å². The molecule has 0 aliphatic carbocycles. The SMILES string of the molecule is CC(C)[C@@H](NC(=O)OCc1ccccc1)C(=O)N[C@@H](Cc1ccc(C(F)(F)F)cc1)C(N)=O. The first-order valence-electron chi connectivity index (χ1n) is 10.2. The van der Waals surface area contributed by atoms with Gasteiger partial charge in [0.1, 0.15) is 18.7 Å². The van der Waals surface area contributed by atoms with Crippen molar-refractivity contribution in [1.29, 1.82) is 0 Å². The first-order chi connectivity index (χ1) is 15.5. The Hall–Kier alpha value is -3.56. The number of alkyl halides is 3. The van der Waals surface area contributed by atoms with Crippen LogP contribution in [0.1, 0.15) is 30.5 Å². The zero-order valence-corrected chi connectivity index (χ0v) is 18.2. The van der Waals surface area contributed by atoms with E-state index < -0.39 is 41.7 Å². The van der Waals surface area contributed by atoms with Crippen molar-refractivity contribution < 1.29 is 32.3 Å². The lowest BCUT2D eigenvalue weighted by Gasteiger charge is -2.24. The Balaban J connectivity index is 2.00. The van der Waals surface area contributed by atoms with Crippen LogP contribution in [0, 0.1) is 5.92 Å². The predicted molar refractivity (Wildman–Crippen MR) is 115 cm³/mol.